The number of thiophene rings is 1. The smallest absolute Gasteiger partial charge is 0.225 e. The minimum absolute atomic E-state index is 0.0215. The molecule has 3 nitrogen and oxygen atoms in total. The molecular formula is C15H18N2OS. The molecule has 2 aromatic rings. The van der Waals surface area contributed by atoms with Crippen LogP contribution in [0.4, 0.5) is 0 Å². The molecule has 4 heteroatoms. The van der Waals surface area contributed by atoms with Crippen molar-refractivity contribution in [3.63, 3.8) is 0 Å². The van der Waals surface area contributed by atoms with Crippen molar-refractivity contribution in [3.8, 4) is 0 Å². The van der Waals surface area contributed by atoms with E-state index in [-0.39, 0.29) is 11.9 Å². The molecule has 0 saturated carbocycles. The number of aryl methyl sites for hydroxylation is 1. The fraction of sp³-hybridized carbons (Fsp3) is 0.267. The van der Waals surface area contributed by atoms with Gasteiger partial charge in [-0.05, 0) is 29.5 Å². The Hall–Kier alpha value is -1.65. The minimum Gasteiger partial charge on any atom is -0.354 e. The zero-order chi connectivity index (χ0) is 13.7. The monoisotopic (exact) mass is 274 g/mol. The number of hydrogen-bond acceptors (Lipinski definition) is 3. The lowest BCUT2D eigenvalue weighted by molar-refractivity contribution is -0.120. The third kappa shape index (κ3) is 4.19. The van der Waals surface area contributed by atoms with E-state index >= 15 is 0 Å². The molecule has 0 aliphatic carbocycles. The Labute approximate surface area is 117 Å². The Balaban J connectivity index is 1.80. The quantitative estimate of drug-likeness (QED) is 0.879. The predicted molar refractivity (Wildman–Crippen MR) is 79.1 cm³/mol. The van der Waals surface area contributed by atoms with Crippen molar-refractivity contribution >= 4 is 17.2 Å². The van der Waals surface area contributed by atoms with Crippen molar-refractivity contribution < 1.29 is 4.79 Å². The maximum atomic E-state index is 11.8. The second kappa shape index (κ2) is 6.50. The topological polar surface area (TPSA) is 55.1 Å². The van der Waals surface area contributed by atoms with Crippen LogP contribution in [-0.2, 0) is 11.2 Å². The van der Waals surface area contributed by atoms with Crippen molar-refractivity contribution in [2.24, 2.45) is 5.73 Å². The van der Waals surface area contributed by atoms with Gasteiger partial charge >= 0.3 is 0 Å². The van der Waals surface area contributed by atoms with E-state index in [2.05, 4.69) is 10.7 Å². The number of carbonyl (C=O) groups excluding carboxylic acids is 1. The van der Waals surface area contributed by atoms with Gasteiger partial charge in [0.25, 0.3) is 0 Å². The van der Waals surface area contributed by atoms with Gasteiger partial charge in [-0.25, -0.2) is 0 Å². The standard InChI is InChI=1S/C15H18N2OS/c1-11-7-13(19-10-11)8-15(18)17-9-14(16)12-5-3-2-4-6-12/h2-7,10,14H,8-9,16H2,1H3,(H,17,18)/t14-/m1/s1. The van der Waals surface area contributed by atoms with Crippen LogP contribution in [0, 0.1) is 6.92 Å². The van der Waals surface area contributed by atoms with Crippen LogP contribution in [-0.4, -0.2) is 12.5 Å². The number of nitrogens with one attached hydrogen (secondary N) is 1. The Morgan fingerprint density at radius 3 is 2.74 bits per heavy atom. The Morgan fingerprint density at radius 2 is 2.11 bits per heavy atom. The summed E-state index contributed by atoms with van der Waals surface area (Å²) in [6, 6.07) is 11.7. The molecule has 0 aliphatic rings. The van der Waals surface area contributed by atoms with Crippen molar-refractivity contribution in [1.29, 1.82) is 0 Å². The average molecular weight is 274 g/mol. The van der Waals surface area contributed by atoms with E-state index in [0.29, 0.717) is 13.0 Å². The predicted octanol–water partition coefficient (Wildman–Crippen LogP) is 2.42. The molecule has 1 amide bonds. The van der Waals surface area contributed by atoms with Gasteiger partial charge in [0.05, 0.1) is 6.42 Å². The zero-order valence-electron chi connectivity index (χ0n) is 10.9. The maximum absolute atomic E-state index is 11.8. The molecule has 0 aliphatic heterocycles. The second-order valence-corrected chi connectivity index (χ2v) is 5.58. The summed E-state index contributed by atoms with van der Waals surface area (Å²) in [4.78, 5) is 12.9. The van der Waals surface area contributed by atoms with E-state index in [1.807, 2.05) is 43.3 Å². The van der Waals surface area contributed by atoms with Gasteiger partial charge in [0.1, 0.15) is 0 Å². The third-order valence-corrected chi connectivity index (χ3v) is 3.92. The Bertz CT molecular complexity index is 536. The van der Waals surface area contributed by atoms with Gasteiger partial charge in [0, 0.05) is 17.5 Å². The molecule has 100 valence electrons. The molecule has 1 atom stereocenters. The van der Waals surface area contributed by atoms with Crippen molar-refractivity contribution in [1.82, 2.24) is 5.32 Å². The number of benzene rings is 1. The highest BCUT2D eigenvalue weighted by atomic mass is 32.1. The largest absolute Gasteiger partial charge is 0.354 e. The number of hydrogen-bond donors (Lipinski definition) is 2. The van der Waals surface area contributed by atoms with Crippen LogP contribution >= 0.6 is 11.3 Å². The fourth-order valence-corrected chi connectivity index (χ4v) is 2.72. The lowest BCUT2D eigenvalue weighted by atomic mass is 10.1. The van der Waals surface area contributed by atoms with Crippen LogP contribution in [0.15, 0.2) is 41.8 Å². The van der Waals surface area contributed by atoms with Gasteiger partial charge in [-0.15, -0.1) is 11.3 Å². The number of carbonyl (C=O) groups is 1. The van der Waals surface area contributed by atoms with E-state index in [9.17, 15) is 4.79 Å². The van der Waals surface area contributed by atoms with Crippen molar-refractivity contribution in [2.75, 3.05) is 6.54 Å². The summed E-state index contributed by atoms with van der Waals surface area (Å²) in [5.74, 6) is 0.0215. The number of amides is 1. The van der Waals surface area contributed by atoms with Crippen molar-refractivity contribution in [2.45, 2.75) is 19.4 Å². The lowest BCUT2D eigenvalue weighted by Crippen LogP contribution is -2.32. The summed E-state index contributed by atoms with van der Waals surface area (Å²) in [6.07, 6.45) is 0.431. The molecule has 0 unspecified atom stereocenters. The van der Waals surface area contributed by atoms with E-state index in [4.69, 9.17) is 5.73 Å². The van der Waals surface area contributed by atoms with Gasteiger partial charge in [0.2, 0.25) is 5.91 Å². The van der Waals surface area contributed by atoms with Gasteiger partial charge < -0.3 is 11.1 Å². The molecule has 0 spiro atoms. The van der Waals surface area contributed by atoms with Gasteiger partial charge in [0.15, 0.2) is 0 Å². The van der Waals surface area contributed by atoms with Gasteiger partial charge in [-0.3, -0.25) is 4.79 Å². The maximum Gasteiger partial charge on any atom is 0.225 e. The van der Waals surface area contributed by atoms with E-state index in [1.165, 1.54) is 5.56 Å². The van der Waals surface area contributed by atoms with E-state index in [0.717, 1.165) is 10.4 Å². The molecule has 0 radical (unpaired) electrons. The fourth-order valence-electron chi connectivity index (χ4n) is 1.85. The highest BCUT2D eigenvalue weighted by Gasteiger charge is 2.09. The van der Waals surface area contributed by atoms with Gasteiger partial charge in [-0.1, -0.05) is 30.3 Å². The molecular weight excluding hydrogens is 256 g/mol. The molecule has 0 fully saturated rings. The molecule has 2 rings (SSSR count). The van der Waals surface area contributed by atoms with E-state index < -0.39 is 0 Å². The lowest BCUT2D eigenvalue weighted by Gasteiger charge is -2.12. The molecule has 19 heavy (non-hydrogen) atoms. The highest BCUT2D eigenvalue weighted by Crippen LogP contribution is 2.14. The summed E-state index contributed by atoms with van der Waals surface area (Å²) in [6.45, 7) is 2.50. The van der Waals surface area contributed by atoms with Crippen LogP contribution in [0.1, 0.15) is 22.0 Å². The van der Waals surface area contributed by atoms with Crippen LogP contribution < -0.4 is 11.1 Å². The summed E-state index contributed by atoms with van der Waals surface area (Å²) in [7, 11) is 0. The first-order chi connectivity index (χ1) is 9.15. The first kappa shape index (κ1) is 13.8. The zero-order valence-corrected chi connectivity index (χ0v) is 11.7. The van der Waals surface area contributed by atoms with Gasteiger partial charge in [-0.2, -0.15) is 0 Å². The summed E-state index contributed by atoms with van der Waals surface area (Å²) in [5, 5.41) is 4.94. The molecule has 1 aromatic heterocycles. The Kier molecular flexibility index (Phi) is 4.71. The van der Waals surface area contributed by atoms with Crippen LogP contribution in [0.25, 0.3) is 0 Å². The molecule has 1 aromatic carbocycles. The normalized spacial score (nSPS) is 12.1. The molecule has 0 bridgehead atoms. The molecule has 0 saturated heterocycles. The highest BCUT2D eigenvalue weighted by molar-refractivity contribution is 7.10. The second-order valence-electron chi connectivity index (χ2n) is 4.59. The van der Waals surface area contributed by atoms with Crippen molar-refractivity contribution in [3.05, 3.63) is 57.8 Å². The number of nitrogens with two attached hydrogens (primary N) is 1. The van der Waals surface area contributed by atoms with Crippen LogP contribution in [0.5, 0.6) is 0 Å². The molecule has 1 heterocycles. The summed E-state index contributed by atoms with van der Waals surface area (Å²) >= 11 is 1.62. The summed E-state index contributed by atoms with van der Waals surface area (Å²) in [5.41, 5.74) is 8.27. The van der Waals surface area contributed by atoms with Crippen LogP contribution in [0.3, 0.4) is 0 Å². The molecule has 3 N–H and O–H groups in total. The summed E-state index contributed by atoms with van der Waals surface area (Å²) < 4.78 is 0. The first-order valence-electron chi connectivity index (χ1n) is 6.26. The minimum atomic E-state index is -0.157. The average Bonchev–Trinajstić information content (AvgIpc) is 2.82. The SMILES string of the molecule is Cc1csc(CC(=O)NC[C@@H](N)c2ccccc2)c1. The number of rotatable bonds is 5. The third-order valence-electron chi connectivity index (χ3n) is 2.87. The Morgan fingerprint density at radius 1 is 1.37 bits per heavy atom. The van der Waals surface area contributed by atoms with Crippen LogP contribution in [0.2, 0.25) is 0 Å². The first-order valence-corrected chi connectivity index (χ1v) is 7.14. The van der Waals surface area contributed by atoms with E-state index in [1.54, 1.807) is 11.3 Å².